The van der Waals surface area contributed by atoms with Crippen LogP contribution in [0.1, 0.15) is 68.6 Å². The highest BCUT2D eigenvalue weighted by molar-refractivity contribution is 6.29. The summed E-state index contributed by atoms with van der Waals surface area (Å²) in [6.07, 6.45) is 34.3. The van der Waals surface area contributed by atoms with E-state index in [-0.39, 0.29) is 11.8 Å². The lowest BCUT2D eigenvalue weighted by Gasteiger charge is -2.06. The van der Waals surface area contributed by atoms with Gasteiger partial charge in [0.25, 0.3) is 5.91 Å². The highest BCUT2D eigenvalue weighted by Gasteiger charge is 2.05. The van der Waals surface area contributed by atoms with Gasteiger partial charge in [0.2, 0.25) is 5.91 Å². The Morgan fingerprint density at radius 2 is 1.25 bits per heavy atom. The fourth-order valence-electron chi connectivity index (χ4n) is 2.93. The first-order chi connectivity index (χ1) is 17.6. The average molecular weight is 510 g/mol. The van der Waals surface area contributed by atoms with E-state index in [0.29, 0.717) is 36.6 Å². The average Bonchev–Trinajstić information content (AvgIpc) is 2.88. The number of nitrogens with one attached hydrogen (secondary N) is 2. The number of carbonyl (C=O) groups is 2. The maximum absolute atomic E-state index is 11.9. The molecule has 0 fully saturated rings. The van der Waals surface area contributed by atoms with Crippen molar-refractivity contribution in [2.24, 2.45) is 0 Å². The van der Waals surface area contributed by atoms with Gasteiger partial charge in [-0.1, -0.05) is 91.4 Å². The third-order valence-electron chi connectivity index (χ3n) is 4.86. The molecule has 6 heteroatoms. The summed E-state index contributed by atoms with van der Waals surface area (Å²) >= 11 is 5.70. The van der Waals surface area contributed by atoms with Crippen LogP contribution in [0.4, 0.5) is 0 Å². The van der Waals surface area contributed by atoms with E-state index in [0.717, 1.165) is 38.5 Å². The number of hydrogen-bond acceptors (Lipinski definition) is 3. The normalized spacial score (nSPS) is 12.3. The van der Waals surface area contributed by atoms with Crippen LogP contribution < -0.4 is 10.6 Å². The van der Waals surface area contributed by atoms with Gasteiger partial charge in [0.1, 0.15) is 5.15 Å². The van der Waals surface area contributed by atoms with E-state index in [2.05, 4.69) is 89.4 Å². The molecule has 0 unspecified atom stereocenters. The van der Waals surface area contributed by atoms with Gasteiger partial charge in [0, 0.05) is 25.7 Å². The van der Waals surface area contributed by atoms with E-state index < -0.39 is 0 Å². The van der Waals surface area contributed by atoms with Gasteiger partial charge in [0.05, 0.1) is 5.56 Å². The number of carbonyl (C=O) groups excluding carboxylic acids is 2. The zero-order valence-electron chi connectivity index (χ0n) is 21.4. The predicted octanol–water partition coefficient (Wildman–Crippen LogP) is 7.06. The Morgan fingerprint density at radius 1 is 0.750 bits per heavy atom. The summed E-state index contributed by atoms with van der Waals surface area (Å²) in [5.74, 6) is -0.275. The Hall–Kier alpha value is -3.18. The molecule has 194 valence electrons. The van der Waals surface area contributed by atoms with Crippen molar-refractivity contribution in [1.29, 1.82) is 0 Å². The molecule has 0 bridgehead atoms. The summed E-state index contributed by atoms with van der Waals surface area (Å²) in [5, 5.41) is 5.87. The Kier molecular flexibility index (Phi) is 19.1. The number of rotatable bonds is 18. The molecule has 0 radical (unpaired) electrons. The monoisotopic (exact) mass is 509 g/mol. The highest BCUT2D eigenvalue weighted by atomic mass is 35.5. The Bertz CT molecular complexity index is 913. The molecule has 0 saturated heterocycles. The first-order valence-corrected chi connectivity index (χ1v) is 13.1. The second kappa shape index (κ2) is 22.3. The molecule has 1 rings (SSSR count). The first kappa shape index (κ1) is 30.9. The number of hydrogen-bond donors (Lipinski definition) is 2. The van der Waals surface area contributed by atoms with Crippen LogP contribution in [0.3, 0.4) is 0 Å². The van der Waals surface area contributed by atoms with Crippen molar-refractivity contribution in [1.82, 2.24) is 15.6 Å². The van der Waals surface area contributed by atoms with E-state index in [1.807, 2.05) is 6.08 Å². The van der Waals surface area contributed by atoms with Crippen molar-refractivity contribution in [3.05, 3.63) is 102 Å². The van der Waals surface area contributed by atoms with Gasteiger partial charge in [-0.05, 0) is 57.1 Å². The Morgan fingerprint density at radius 3 is 1.75 bits per heavy atom. The summed E-state index contributed by atoms with van der Waals surface area (Å²) in [7, 11) is 0. The van der Waals surface area contributed by atoms with Crippen molar-refractivity contribution in [3.63, 3.8) is 0 Å². The maximum atomic E-state index is 11.9. The van der Waals surface area contributed by atoms with Crippen molar-refractivity contribution in [2.75, 3.05) is 13.1 Å². The molecule has 0 spiro atoms. The van der Waals surface area contributed by atoms with Crippen LogP contribution in [0, 0.1) is 0 Å². The van der Waals surface area contributed by atoms with E-state index in [1.54, 1.807) is 12.1 Å². The molecule has 0 saturated carbocycles. The molecular formula is C30H40ClN3O2. The third-order valence-corrected chi connectivity index (χ3v) is 5.08. The molecular weight excluding hydrogens is 470 g/mol. The number of nitrogens with zero attached hydrogens (tertiary/aromatic N) is 1. The minimum absolute atomic E-state index is 0.0306. The molecule has 0 aromatic carbocycles. The van der Waals surface area contributed by atoms with Crippen LogP contribution in [0.15, 0.2) is 91.2 Å². The van der Waals surface area contributed by atoms with Crippen LogP contribution in [0.2, 0.25) is 5.15 Å². The maximum Gasteiger partial charge on any atom is 0.252 e. The van der Waals surface area contributed by atoms with Crippen LogP contribution in [0.5, 0.6) is 0 Å². The quantitative estimate of drug-likeness (QED) is 0.126. The lowest BCUT2D eigenvalue weighted by Crippen LogP contribution is -2.34. The number of amides is 2. The van der Waals surface area contributed by atoms with Gasteiger partial charge in [-0.15, -0.1) is 0 Å². The zero-order valence-corrected chi connectivity index (χ0v) is 22.1. The molecule has 2 N–H and O–H groups in total. The Labute approximate surface area is 221 Å². The molecule has 0 atom stereocenters. The molecule has 1 aromatic rings. The summed E-state index contributed by atoms with van der Waals surface area (Å²) in [5.41, 5.74) is 0.434. The van der Waals surface area contributed by atoms with Gasteiger partial charge >= 0.3 is 0 Å². The lowest BCUT2D eigenvalue weighted by molar-refractivity contribution is -0.120. The molecule has 1 aromatic heterocycles. The largest absolute Gasteiger partial charge is 0.354 e. The van der Waals surface area contributed by atoms with Crippen molar-refractivity contribution >= 4 is 23.4 Å². The standard InChI is InChI=1S/C30H40ClN3O2/c1-2-3-4-5-6-7-8-9-10-11-12-13-14-15-16-17-18-19-20-21-29(35)32-24-25-33-30(36)27-22-23-28(31)34-26-27/h3-4,6-7,9-10,12-13,15-16,18-19,22-23,26H,2,5,8,11,14,17,20-21,24-25H2,1H3,(H,32,35)(H,33,36)/b4-3-,7-6-,10-9-,13-12-,16-15-,19-18-. The highest BCUT2D eigenvalue weighted by Crippen LogP contribution is 2.04. The van der Waals surface area contributed by atoms with E-state index >= 15 is 0 Å². The molecule has 5 nitrogen and oxygen atoms in total. The van der Waals surface area contributed by atoms with E-state index in [1.165, 1.54) is 6.20 Å². The van der Waals surface area contributed by atoms with Crippen molar-refractivity contribution in [3.8, 4) is 0 Å². The second-order valence-corrected chi connectivity index (χ2v) is 8.32. The van der Waals surface area contributed by atoms with Crippen molar-refractivity contribution in [2.45, 2.75) is 58.3 Å². The minimum atomic E-state index is -0.244. The summed E-state index contributed by atoms with van der Waals surface area (Å²) in [6, 6.07) is 3.17. The molecule has 36 heavy (non-hydrogen) atoms. The third kappa shape index (κ3) is 18.2. The van der Waals surface area contributed by atoms with Crippen molar-refractivity contribution < 1.29 is 9.59 Å². The van der Waals surface area contributed by atoms with Gasteiger partial charge in [-0.2, -0.15) is 0 Å². The summed E-state index contributed by atoms with van der Waals surface area (Å²) in [4.78, 5) is 27.7. The van der Waals surface area contributed by atoms with Crippen LogP contribution in [-0.2, 0) is 4.79 Å². The predicted molar refractivity (Wildman–Crippen MR) is 152 cm³/mol. The Balaban J connectivity index is 1.98. The fourth-order valence-corrected chi connectivity index (χ4v) is 3.04. The van der Waals surface area contributed by atoms with Gasteiger partial charge in [-0.3, -0.25) is 9.59 Å². The second-order valence-electron chi connectivity index (χ2n) is 7.93. The summed E-state index contributed by atoms with van der Waals surface area (Å²) in [6.45, 7) is 2.89. The lowest BCUT2D eigenvalue weighted by atomic mass is 10.2. The van der Waals surface area contributed by atoms with E-state index in [4.69, 9.17) is 11.6 Å². The first-order valence-electron chi connectivity index (χ1n) is 12.7. The number of aromatic nitrogens is 1. The molecule has 1 heterocycles. The van der Waals surface area contributed by atoms with E-state index in [9.17, 15) is 9.59 Å². The molecule has 0 aliphatic rings. The zero-order chi connectivity index (χ0) is 26.1. The number of halogens is 1. The topological polar surface area (TPSA) is 71.1 Å². The summed E-state index contributed by atoms with van der Waals surface area (Å²) < 4.78 is 0. The smallest absolute Gasteiger partial charge is 0.252 e. The van der Waals surface area contributed by atoms with Crippen LogP contribution in [-0.4, -0.2) is 29.9 Å². The van der Waals surface area contributed by atoms with Crippen LogP contribution >= 0.6 is 11.6 Å². The number of pyridine rings is 1. The molecule has 2 amide bonds. The number of allylic oxidation sites excluding steroid dienone is 12. The molecule has 0 aliphatic heterocycles. The van der Waals surface area contributed by atoms with Gasteiger partial charge < -0.3 is 10.6 Å². The fraction of sp³-hybridized carbons (Fsp3) is 0.367. The van der Waals surface area contributed by atoms with Gasteiger partial charge in [0.15, 0.2) is 0 Å². The minimum Gasteiger partial charge on any atom is -0.354 e. The molecule has 0 aliphatic carbocycles. The van der Waals surface area contributed by atoms with Crippen LogP contribution in [0.25, 0.3) is 0 Å². The SMILES string of the molecule is CC/C=C\C/C=C\C/C=C\C/C=C\C/C=C\C/C=C\CCC(=O)NCCNC(=O)c1ccc(Cl)nc1. The van der Waals surface area contributed by atoms with Gasteiger partial charge in [-0.25, -0.2) is 4.98 Å².